The third-order valence-corrected chi connectivity index (χ3v) is 2.48. The first-order valence-corrected chi connectivity index (χ1v) is 5.82. The first kappa shape index (κ1) is 14.4. The van der Waals surface area contributed by atoms with E-state index in [1.807, 2.05) is 32.8 Å². The van der Waals surface area contributed by atoms with E-state index in [4.69, 9.17) is 10.5 Å². The number of ether oxygens (including phenoxy) is 1. The number of anilines is 1. The van der Waals surface area contributed by atoms with E-state index in [1.54, 1.807) is 12.4 Å². The molecule has 0 bridgehead atoms. The zero-order valence-corrected chi connectivity index (χ0v) is 11.3. The molecule has 0 aliphatic rings. The van der Waals surface area contributed by atoms with Crippen LogP contribution in [0.25, 0.3) is 0 Å². The van der Waals surface area contributed by atoms with E-state index in [0.717, 1.165) is 5.82 Å². The Balaban J connectivity index is 2.58. The number of hydrogen-bond acceptors (Lipinski definition) is 6. The third-order valence-electron chi connectivity index (χ3n) is 2.48. The summed E-state index contributed by atoms with van der Waals surface area (Å²) in [6, 6.07) is -0.602. The van der Waals surface area contributed by atoms with E-state index in [0.29, 0.717) is 5.69 Å². The molecule has 0 spiro atoms. The summed E-state index contributed by atoms with van der Waals surface area (Å²) in [6.07, 6.45) is 3.21. The van der Waals surface area contributed by atoms with Crippen molar-refractivity contribution in [3.8, 4) is 0 Å². The largest absolute Gasteiger partial charge is 0.458 e. The molecule has 1 atom stereocenters. The lowest BCUT2D eigenvalue weighted by molar-refractivity contribution is -0.147. The summed E-state index contributed by atoms with van der Waals surface area (Å²) >= 11 is 0. The molecule has 0 aliphatic heterocycles. The summed E-state index contributed by atoms with van der Waals surface area (Å²) in [5.74, 6) is 0.357. The van der Waals surface area contributed by atoms with Gasteiger partial charge in [0, 0.05) is 14.1 Å². The molecule has 0 aromatic carbocycles. The number of hydrogen-bond donors (Lipinski definition) is 1. The van der Waals surface area contributed by atoms with Gasteiger partial charge in [-0.3, -0.25) is 9.78 Å². The molecule has 100 valence electrons. The fraction of sp³-hybridized carbons (Fsp3) is 0.583. The van der Waals surface area contributed by atoms with Crippen LogP contribution in [-0.4, -0.2) is 36.1 Å². The van der Waals surface area contributed by atoms with E-state index in [2.05, 4.69) is 9.97 Å². The highest BCUT2D eigenvalue weighted by Crippen LogP contribution is 2.07. The van der Waals surface area contributed by atoms with Crippen LogP contribution in [0.5, 0.6) is 0 Å². The number of esters is 1. The molecule has 1 aromatic heterocycles. The molecule has 0 saturated carbocycles. The predicted octanol–water partition coefficient (Wildman–Crippen LogP) is 0.569. The van der Waals surface area contributed by atoms with Crippen molar-refractivity contribution in [3.63, 3.8) is 0 Å². The first-order chi connectivity index (χ1) is 8.41. The van der Waals surface area contributed by atoms with Gasteiger partial charge in [0.2, 0.25) is 0 Å². The number of carbonyl (C=O) groups is 1. The molecule has 18 heavy (non-hydrogen) atoms. The molecule has 0 radical (unpaired) electrons. The maximum atomic E-state index is 11.6. The molecule has 1 rings (SSSR count). The smallest absolute Gasteiger partial charge is 0.323 e. The van der Waals surface area contributed by atoms with Crippen molar-refractivity contribution in [2.24, 2.45) is 11.7 Å². The Bertz CT molecular complexity index is 407. The maximum Gasteiger partial charge on any atom is 0.323 e. The van der Waals surface area contributed by atoms with Crippen molar-refractivity contribution in [2.75, 3.05) is 19.0 Å². The number of aromatic nitrogens is 2. The number of nitrogens with two attached hydrogens (primary N) is 1. The Morgan fingerprint density at radius 1 is 1.44 bits per heavy atom. The van der Waals surface area contributed by atoms with Gasteiger partial charge < -0.3 is 15.4 Å². The zero-order valence-electron chi connectivity index (χ0n) is 11.3. The summed E-state index contributed by atoms with van der Waals surface area (Å²) in [5, 5.41) is 0. The Morgan fingerprint density at radius 2 is 2.11 bits per heavy atom. The molecule has 1 heterocycles. The van der Waals surface area contributed by atoms with Crippen LogP contribution in [0.3, 0.4) is 0 Å². The van der Waals surface area contributed by atoms with Crippen molar-refractivity contribution in [2.45, 2.75) is 26.5 Å². The second-order valence-corrected chi connectivity index (χ2v) is 4.64. The van der Waals surface area contributed by atoms with Crippen LogP contribution in [0.1, 0.15) is 19.5 Å². The molecule has 2 N–H and O–H groups in total. The summed E-state index contributed by atoms with van der Waals surface area (Å²) in [6.45, 7) is 3.84. The van der Waals surface area contributed by atoms with Crippen LogP contribution >= 0.6 is 0 Å². The highest BCUT2D eigenvalue weighted by atomic mass is 16.5. The summed E-state index contributed by atoms with van der Waals surface area (Å²) < 4.78 is 5.10. The Labute approximate surface area is 107 Å². The minimum Gasteiger partial charge on any atom is -0.458 e. The third kappa shape index (κ3) is 3.96. The maximum absolute atomic E-state index is 11.6. The van der Waals surface area contributed by atoms with E-state index < -0.39 is 12.0 Å². The molecule has 0 fully saturated rings. The van der Waals surface area contributed by atoms with Crippen LogP contribution in [0.15, 0.2) is 12.4 Å². The van der Waals surface area contributed by atoms with Gasteiger partial charge >= 0.3 is 5.97 Å². The molecule has 0 unspecified atom stereocenters. The summed E-state index contributed by atoms with van der Waals surface area (Å²) in [5.41, 5.74) is 6.29. The molecule has 0 amide bonds. The quantitative estimate of drug-likeness (QED) is 0.771. The fourth-order valence-electron chi connectivity index (χ4n) is 1.19. The van der Waals surface area contributed by atoms with Crippen LogP contribution in [0, 0.1) is 5.92 Å². The van der Waals surface area contributed by atoms with E-state index in [9.17, 15) is 4.79 Å². The first-order valence-electron chi connectivity index (χ1n) is 5.82. The van der Waals surface area contributed by atoms with E-state index >= 15 is 0 Å². The Hall–Kier alpha value is -1.69. The monoisotopic (exact) mass is 252 g/mol. The van der Waals surface area contributed by atoms with Crippen molar-refractivity contribution in [1.29, 1.82) is 0 Å². The van der Waals surface area contributed by atoms with Gasteiger partial charge in [0.25, 0.3) is 0 Å². The van der Waals surface area contributed by atoms with Gasteiger partial charge in [-0.2, -0.15) is 0 Å². The van der Waals surface area contributed by atoms with Gasteiger partial charge in [-0.05, 0) is 5.92 Å². The standard InChI is InChI=1S/C12H20N4O2/c1-8(2)11(13)12(17)18-7-9-5-14-6-10(15-9)16(3)4/h5-6,8,11H,7,13H2,1-4H3/t11-/m0/s1. The topological polar surface area (TPSA) is 81.3 Å². The zero-order chi connectivity index (χ0) is 13.7. The Morgan fingerprint density at radius 3 is 2.67 bits per heavy atom. The average molecular weight is 252 g/mol. The SMILES string of the molecule is CC(C)[C@H](N)C(=O)OCc1cncc(N(C)C)n1. The van der Waals surface area contributed by atoms with Crippen molar-refractivity contribution < 1.29 is 9.53 Å². The molecule has 0 aliphatic carbocycles. The molecule has 6 nitrogen and oxygen atoms in total. The van der Waals surface area contributed by atoms with E-state index in [-0.39, 0.29) is 12.5 Å². The molecule has 0 saturated heterocycles. The minimum absolute atomic E-state index is 0.0525. The summed E-state index contributed by atoms with van der Waals surface area (Å²) in [4.78, 5) is 21.7. The van der Waals surface area contributed by atoms with Crippen LogP contribution < -0.4 is 10.6 Å². The van der Waals surface area contributed by atoms with Gasteiger partial charge in [0.15, 0.2) is 0 Å². The van der Waals surface area contributed by atoms with Crippen molar-refractivity contribution >= 4 is 11.8 Å². The van der Waals surface area contributed by atoms with Gasteiger partial charge in [0.05, 0.1) is 18.1 Å². The molecular formula is C12H20N4O2. The lowest BCUT2D eigenvalue weighted by Crippen LogP contribution is -2.36. The number of rotatable bonds is 5. The van der Waals surface area contributed by atoms with Gasteiger partial charge in [-0.15, -0.1) is 0 Å². The second kappa shape index (κ2) is 6.30. The lowest BCUT2D eigenvalue weighted by atomic mass is 10.1. The number of carbonyl (C=O) groups excluding carboxylic acids is 1. The molecular weight excluding hydrogens is 232 g/mol. The van der Waals surface area contributed by atoms with Crippen molar-refractivity contribution in [3.05, 3.63) is 18.1 Å². The highest BCUT2D eigenvalue weighted by Gasteiger charge is 2.18. The van der Waals surface area contributed by atoms with Crippen LogP contribution in [0.4, 0.5) is 5.82 Å². The summed E-state index contributed by atoms with van der Waals surface area (Å²) in [7, 11) is 3.74. The highest BCUT2D eigenvalue weighted by molar-refractivity contribution is 5.75. The normalized spacial score (nSPS) is 12.3. The minimum atomic E-state index is -0.602. The lowest BCUT2D eigenvalue weighted by Gasteiger charge is -2.15. The van der Waals surface area contributed by atoms with Crippen molar-refractivity contribution in [1.82, 2.24) is 9.97 Å². The predicted molar refractivity (Wildman–Crippen MR) is 69.0 cm³/mol. The van der Waals surface area contributed by atoms with Gasteiger partial charge in [-0.25, -0.2) is 4.98 Å². The molecule has 1 aromatic rings. The molecule has 6 heteroatoms. The average Bonchev–Trinajstić information content (AvgIpc) is 2.35. The van der Waals surface area contributed by atoms with Crippen LogP contribution in [0.2, 0.25) is 0 Å². The van der Waals surface area contributed by atoms with Gasteiger partial charge in [-0.1, -0.05) is 13.8 Å². The second-order valence-electron chi connectivity index (χ2n) is 4.64. The van der Waals surface area contributed by atoms with Crippen LogP contribution in [-0.2, 0) is 16.1 Å². The number of nitrogens with zero attached hydrogens (tertiary/aromatic N) is 3. The fourth-order valence-corrected chi connectivity index (χ4v) is 1.19. The Kier molecular flexibility index (Phi) is 5.03. The van der Waals surface area contributed by atoms with Gasteiger partial charge in [0.1, 0.15) is 18.5 Å². The van der Waals surface area contributed by atoms with E-state index in [1.165, 1.54) is 0 Å².